The van der Waals surface area contributed by atoms with Crippen LogP contribution in [0.5, 0.6) is 0 Å². The Morgan fingerprint density at radius 3 is 2.42 bits per heavy atom. The molecule has 2 aromatic carbocycles. The molecule has 0 aromatic heterocycles. The monoisotopic (exact) mass is 369 g/mol. The quantitative estimate of drug-likeness (QED) is 0.754. The molecule has 5 heteroatoms. The third-order valence-electron chi connectivity index (χ3n) is 4.32. The number of nitrogens with zero attached hydrogens (tertiary/aromatic N) is 1. The van der Waals surface area contributed by atoms with E-state index in [4.69, 9.17) is 16.3 Å². The van der Waals surface area contributed by atoms with E-state index in [2.05, 4.69) is 18.2 Å². The van der Waals surface area contributed by atoms with Gasteiger partial charge in [-0.1, -0.05) is 60.1 Å². The first kappa shape index (κ1) is 18.2. The summed E-state index contributed by atoms with van der Waals surface area (Å²) in [6.07, 6.45) is 2.99. The fourth-order valence-electron chi connectivity index (χ4n) is 2.86. The Balaban J connectivity index is 1.46. The number of benzene rings is 2. The molecule has 2 aromatic rings. The molecule has 3 rings (SSSR count). The van der Waals surface area contributed by atoms with Crippen LogP contribution < -0.4 is 0 Å². The number of esters is 1. The van der Waals surface area contributed by atoms with Crippen molar-refractivity contribution < 1.29 is 14.3 Å². The largest absolute Gasteiger partial charge is 0.455 e. The number of halogens is 1. The summed E-state index contributed by atoms with van der Waals surface area (Å²) in [7, 11) is 0. The van der Waals surface area contributed by atoms with Crippen molar-refractivity contribution in [3.63, 3.8) is 0 Å². The smallest absolute Gasteiger partial charge is 0.310 e. The second kappa shape index (κ2) is 8.68. The van der Waals surface area contributed by atoms with Gasteiger partial charge < -0.3 is 9.64 Å². The van der Waals surface area contributed by atoms with E-state index in [1.54, 1.807) is 29.2 Å². The van der Waals surface area contributed by atoms with E-state index < -0.39 is 5.97 Å². The average Bonchev–Trinajstić information content (AvgIpc) is 2.69. The van der Waals surface area contributed by atoms with Crippen LogP contribution in [0.1, 0.15) is 17.5 Å². The minimum Gasteiger partial charge on any atom is -0.455 e. The van der Waals surface area contributed by atoms with Gasteiger partial charge in [0.25, 0.3) is 5.91 Å². The first-order valence-electron chi connectivity index (χ1n) is 8.54. The summed E-state index contributed by atoms with van der Waals surface area (Å²) < 4.78 is 5.12. The zero-order valence-corrected chi connectivity index (χ0v) is 15.1. The van der Waals surface area contributed by atoms with E-state index in [-0.39, 0.29) is 18.9 Å². The van der Waals surface area contributed by atoms with Crippen molar-refractivity contribution in [2.75, 3.05) is 19.7 Å². The van der Waals surface area contributed by atoms with Gasteiger partial charge in [-0.15, -0.1) is 0 Å². The molecule has 1 aliphatic heterocycles. The zero-order valence-electron chi connectivity index (χ0n) is 14.4. The van der Waals surface area contributed by atoms with Crippen molar-refractivity contribution >= 4 is 29.1 Å². The Morgan fingerprint density at radius 2 is 1.77 bits per heavy atom. The minimum atomic E-state index is -0.418. The van der Waals surface area contributed by atoms with Gasteiger partial charge in [-0.2, -0.15) is 0 Å². The molecule has 0 N–H and O–H groups in total. The Kier molecular flexibility index (Phi) is 6.08. The number of carbonyl (C=O) groups is 2. The lowest BCUT2D eigenvalue weighted by Crippen LogP contribution is -2.37. The number of hydrogen-bond acceptors (Lipinski definition) is 3. The maximum atomic E-state index is 12.2. The maximum absolute atomic E-state index is 12.2. The Labute approximate surface area is 158 Å². The molecule has 0 aliphatic carbocycles. The lowest BCUT2D eigenvalue weighted by Gasteiger charge is -2.26. The van der Waals surface area contributed by atoms with Crippen molar-refractivity contribution in [1.82, 2.24) is 4.90 Å². The Bertz CT molecular complexity index is 800. The first-order valence-corrected chi connectivity index (χ1v) is 8.92. The number of ether oxygens (including phenoxy) is 1. The highest BCUT2D eigenvalue weighted by molar-refractivity contribution is 6.30. The molecular formula is C21H20ClNO3. The second-order valence-electron chi connectivity index (χ2n) is 6.15. The fourth-order valence-corrected chi connectivity index (χ4v) is 2.99. The highest BCUT2D eigenvalue weighted by atomic mass is 35.5. The molecular weight excluding hydrogens is 350 g/mol. The molecule has 0 unspecified atom stereocenters. The molecule has 0 fully saturated rings. The molecule has 4 nitrogen and oxygen atoms in total. The lowest BCUT2D eigenvalue weighted by atomic mass is 10.00. The Hall–Kier alpha value is -2.59. The summed E-state index contributed by atoms with van der Waals surface area (Å²) in [6.45, 7) is 0.951. The van der Waals surface area contributed by atoms with Gasteiger partial charge in [-0.25, -0.2) is 0 Å². The molecule has 1 heterocycles. The predicted molar refractivity (Wildman–Crippen MR) is 102 cm³/mol. The molecule has 134 valence electrons. The maximum Gasteiger partial charge on any atom is 0.310 e. The van der Waals surface area contributed by atoms with E-state index in [0.717, 1.165) is 12.0 Å². The molecule has 0 saturated carbocycles. The van der Waals surface area contributed by atoms with E-state index >= 15 is 0 Å². The fraction of sp³-hybridized carbons (Fsp3) is 0.238. The Morgan fingerprint density at radius 1 is 1.04 bits per heavy atom. The highest BCUT2D eigenvalue weighted by Gasteiger charge is 2.19. The third-order valence-corrected chi connectivity index (χ3v) is 4.58. The molecule has 0 radical (unpaired) electrons. The number of rotatable bonds is 5. The highest BCUT2D eigenvalue weighted by Crippen LogP contribution is 2.22. The van der Waals surface area contributed by atoms with Crippen molar-refractivity contribution in [3.05, 3.63) is 76.8 Å². The topological polar surface area (TPSA) is 46.6 Å². The van der Waals surface area contributed by atoms with Crippen molar-refractivity contribution in [2.45, 2.75) is 12.8 Å². The van der Waals surface area contributed by atoms with Gasteiger partial charge in [-0.3, -0.25) is 9.59 Å². The van der Waals surface area contributed by atoms with Gasteiger partial charge in [0.05, 0.1) is 6.42 Å². The second-order valence-corrected chi connectivity index (χ2v) is 6.59. The van der Waals surface area contributed by atoms with E-state index in [0.29, 0.717) is 18.1 Å². The summed E-state index contributed by atoms with van der Waals surface area (Å²) in [6, 6.07) is 17.1. The van der Waals surface area contributed by atoms with Crippen LogP contribution in [0.15, 0.2) is 60.7 Å². The van der Waals surface area contributed by atoms with Gasteiger partial charge in [0.2, 0.25) is 0 Å². The normalized spacial score (nSPS) is 13.9. The van der Waals surface area contributed by atoms with Crippen LogP contribution in [0.4, 0.5) is 0 Å². The SMILES string of the molecule is O=C(Cc1ccc(Cl)cc1)OCC(=O)N1CC=C(c2ccccc2)CC1. The van der Waals surface area contributed by atoms with Crippen LogP contribution in [0.25, 0.3) is 5.57 Å². The van der Waals surface area contributed by atoms with Gasteiger partial charge >= 0.3 is 5.97 Å². The zero-order chi connectivity index (χ0) is 18.4. The van der Waals surface area contributed by atoms with E-state index in [1.807, 2.05) is 18.2 Å². The summed E-state index contributed by atoms with van der Waals surface area (Å²) in [5, 5.41) is 0.616. The number of amides is 1. The first-order chi connectivity index (χ1) is 12.6. The number of carbonyl (C=O) groups excluding carboxylic acids is 2. The van der Waals surface area contributed by atoms with Gasteiger partial charge in [-0.05, 0) is 35.3 Å². The van der Waals surface area contributed by atoms with Crippen LogP contribution in [-0.2, 0) is 20.7 Å². The van der Waals surface area contributed by atoms with Crippen LogP contribution in [-0.4, -0.2) is 36.5 Å². The van der Waals surface area contributed by atoms with Gasteiger partial charge in [0.15, 0.2) is 6.61 Å². The summed E-state index contributed by atoms with van der Waals surface area (Å²) in [4.78, 5) is 25.8. The molecule has 0 saturated heterocycles. The number of hydrogen-bond donors (Lipinski definition) is 0. The summed E-state index contributed by atoms with van der Waals surface area (Å²) >= 11 is 5.82. The molecule has 1 amide bonds. The van der Waals surface area contributed by atoms with Crippen LogP contribution in [0.2, 0.25) is 5.02 Å². The summed E-state index contributed by atoms with van der Waals surface area (Å²) in [5.74, 6) is -0.587. The molecule has 0 bridgehead atoms. The third kappa shape index (κ3) is 4.96. The van der Waals surface area contributed by atoms with Crippen molar-refractivity contribution in [2.24, 2.45) is 0 Å². The minimum absolute atomic E-state index is 0.127. The van der Waals surface area contributed by atoms with Crippen molar-refractivity contribution in [1.29, 1.82) is 0 Å². The van der Waals surface area contributed by atoms with Crippen LogP contribution in [0.3, 0.4) is 0 Å². The van der Waals surface area contributed by atoms with Crippen LogP contribution in [0, 0.1) is 0 Å². The average molecular weight is 370 g/mol. The van der Waals surface area contributed by atoms with E-state index in [1.165, 1.54) is 11.1 Å². The predicted octanol–water partition coefficient (Wildman–Crippen LogP) is 3.74. The van der Waals surface area contributed by atoms with Gasteiger partial charge in [0, 0.05) is 18.1 Å². The van der Waals surface area contributed by atoms with E-state index in [9.17, 15) is 9.59 Å². The van der Waals surface area contributed by atoms with Crippen molar-refractivity contribution in [3.8, 4) is 0 Å². The molecule has 26 heavy (non-hydrogen) atoms. The van der Waals surface area contributed by atoms with Crippen LogP contribution >= 0.6 is 11.6 Å². The standard InChI is InChI=1S/C21H20ClNO3/c22-19-8-6-16(7-9-19)14-21(25)26-15-20(24)23-12-10-18(11-13-23)17-4-2-1-3-5-17/h1-10H,11-15H2. The molecule has 0 atom stereocenters. The molecule has 1 aliphatic rings. The lowest BCUT2D eigenvalue weighted by molar-refractivity contribution is -0.151. The molecule has 0 spiro atoms. The van der Waals surface area contributed by atoms with Gasteiger partial charge in [0.1, 0.15) is 0 Å². The summed E-state index contributed by atoms with van der Waals surface area (Å²) in [5.41, 5.74) is 3.24.